The maximum absolute atomic E-state index is 12.6. The van der Waals surface area contributed by atoms with Crippen molar-refractivity contribution in [3.05, 3.63) is 24.5 Å². The minimum Gasteiger partial charge on any atom is -0.381 e. The van der Waals surface area contributed by atoms with Crippen LogP contribution in [-0.2, 0) is 19.6 Å². The Balaban J connectivity index is 1.83. The van der Waals surface area contributed by atoms with Gasteiger partial charge in [-0.1, -0.05) is 0 Å². The highest BCUT2D eigenvalue weighted by Gasteiger charge is 2.51. The second kappa shape index (κ2) is 5.36. The van der Waals surface area contributed by atoms with E-state index in [0.29, 0.717) is 32.7 Å². The standard InChI is InChI=1S/C13H17N3O4S/c17-12(13-3-5-20-8-10(13)6-15-9-13)16-21(18,19)11-2-1-4-14-7-11/h1-2,4,7,10,15H,3,5-6,8-9H2,(H,16,17)/t10-,13+/m0/s1. The van der Waals surface area contributed by atoms with Crippen LogP contribution in [0.2, 0.25) is 0 Å². The molecule has 1 aromatic rings. The molecule has 0 saturated carbocycles. The number of aromatic nitrogens is 1. The van der Waals surface area contributed by atoms with E-state index in [0.717, 1.165) is 0 Å². The summed E-state index contributed by atoms with van der Waals surface area (Å²) in [6, 6.07) is 2.93. The number of amides is 1. The second-order valence-electron chi connectivity index (χ2n) is 5.43. The smallest absolute Gasteiger partial charge is 0.265 e. The predicted molar refractivity (Wildman–Crippen MR) is 73.8 cm³/mol. The summed E-state index contributed by atoms with van der Waals surface area (Å²) in [5, 5.41) is 3.16. The Morgan fingerprint density at radius 3 is 3.14 bits per heavy atom. The van der Waals surface area contributed by atoms with Crippen LogP contribution in [0, 0.1) is 11.3 Å². The summed E-state index contributed by atoms with van der Waals surface area (Å²) in [4.78, 5) is 16.3. The molecule has 2 fully saturated rings. The van der Waals surface area contributed by atoms with Crippen molar-refractivity contribution < 1.29 is 17.9 Å². The summed E-state index contributed by atoms with van der Waals surface area (Å²) in [7, 11) is -3.88. The molecule has 1 amide bonds. The first-order chi connectivity index (χ1) is 10.0. The molecule has 8 heteroatoms. The minimum absolute atomic E-state index is 0.00958. The highest BCUT2D eigenvalue weighted by atomic mass is 32.2. The van der Waals surface area contributed by atoms with E-state index in [-0.39, 0.29) is 10.8 Å². The topological polar surface area (TPSA) is 97.4 Å². The van der Waals surface area contributed by atoms with Gasteiger partial charge in [-0.05, 0) is 18.6 Å². The molecule has 2 aliphatic heterocycles. The van der Waals surface area contributed by atoms with Crippen molar-refractivity contribution in [1.29, 1.82) is 0 Å². The lowest BCUT2D eigenvalue weighted by Crippen LogP contribution is -2.51. The molecule has 7 nitrogen and oxygen atoms in total. The molecule has 3 heterocycles. The number of hydrogen-bond acceptors (Lipinski definition) is 6. The van der Waals surface area contributed by atoms with E-state index in [2.05, 4.69) is 15.0 Å². The van der Waals surface area contributed by atoms with Crippen molar-refractivity contribution in [3.8, 4) is 0 Å². The number of nitrogens with zero attached hydrogens (tertiary/aromatic N) is 1. The molecular formula is C13H17N3O4S. The number of rotatable bonds is 3. The molecule has 0 aliphatic carbocycles. The van der Waals surface area contributed by atoms with Crippen LogP contribution in [-0.4, -0.2) is 45.6 Å². The number of fused-ring (bicyclic) bond motifs is 1. The molecular weight excluding hydrogens is 294 g/mol. The summed E-state index contributed by atoms with van der Waals surface area (Å²) in [6.45, 7) is 2.10. The zero-order valence-electron chi connectivity index (χ0n) is 11.4. The van der Waals surface area contributed by atoms with Gasteiger partial charge >= 0.3 is 0 Å². The lowest BCUT2D eigenvalue weighted by atomic mass is 9.74. The third kappa shape index (κ3) is 2.54. The number of sulfonamides is 1. The molecule has 2 aliphatic rings. The van der Waals surface area contributed by atoms with Gasteiger partial charge in [0.05, 0.1) is 12.0 Å². The van der Waals surface area contributed by atoms with Gasteiger partial charge in [-0.3, -0.25) is 9.78 Å². The Morgan fingerprint density at radius 2 is 2.38 bits per heavy atom. The van der Waals surface area contributed by atoms with Crippen molar-refractivity contribution in [2.24, 2.45) is 11.3 Å². The highest BCUT2D eigenvalue weighted by Crippen LogP contribution is 2.39. The first kappa shape index (κ1) is 14.4. The van der Waals surface area contributed by atoms with E-state index in [1.165, 1.54) is 24.5 Å². The van der Waals surface area contributed by atoms with E-state index < -0.39 is 21.3 Å². The van der Waals surface area contributed by atoms with E-state index in [4.69, 9.17) is 4.74 Å². The Labute approximate surface area is 123 Å². The number of nitrogens with one attached hydrogen (secondary N) is 2. The third-order valence-corrected chi connectivity index (χ3v) is 5.56. The van der Waals surface area contributed by atoms with Crippen LogP contribution in [0.4, 0.5) is 0 Å². The van der Waals surface area contributed by atoms with Gasteiger partial charge in [0.25, 0.3) is 10.0 Å². The summed E-state index contributed by atoms with van der Waals surface area (Å²) in [5.74, 6) is -0.444. The van der Waals surface area contributed by atoms with Crippen LogP contribution < -0.4 is 10.0 Å². The van der Waals surface area contributed by atoms with Crippen LogP contribution in [0.3, 0.4) is 0 Å². The van der Waals surface area contributed by atoms with Gasteiger partial charge in [0.2, 0.25) is 5.91 Å². The van der Waals surface area contributed by atoms with Crippen molar-refractivity contribution in [2.75, 3.05) is 26.3 Å². The average Bonchev–Trinajstić information content (AvgIpc) is 2.93. The molecule has 3 rings (SSSR count). The maximum Gasteiger partial charge on any atom is 0.265 e. The number of carbonyl (C=O) groups is 1. The lowest BCUT2D eigenvalue weighted by Gasteiger charge is -2.36. The summed E-state index contributed by atoms with van der Waals surface area (Å²) in [6.07, 6.45) is 3.23. The van der Waals surface area contributed by atoms with Crippen molar-refractivity contribution >= 4 is 15.9 Å². The number of pyridine rings is 1. The van der Waals surface area contributed by atoms with Gasteiger partial charge in [0.1, 0.15) is 4.90 Å². The molecule has 0 unspecified atom stereocenters. The van der Waals surface area contributed by atoms with E-state index in [1.54, 1.807) is 0 Å². The molecule has 2 saturated heterocycles. The van der Waals surface area contributed by atoms with Gasteiger partial charge in [0.15, 0.2) is 0 Å². The zero-order valence-corrected chi connectivity index (χ0v) is 12.2. The Morgan fingerprint density at radius 1 is 1.52 bits per heavy atom. The first-order valence-electron chi connectivity index (χ1n) is 6.80. The van der Waals surface area contributed by atoms with Crippen LogP contribution in [0.5, 0.6) is 0 Å². The van der Waals surface area contributed by atoms with Gasteiger partial charge in [-0.15, -0.1) is 0 Å². The monoisotopic (exact) mass is 311 g/mol. The fourth-order valence-corrected chi connectivity index (χ4v) is 3.99. The Hall–Kier alpha value is -1.51. The van der Waals surface area contributed by atoms with Crippen molar-refractivity contribution in [3.63, 3.8) is 0 Å². The first-order valence-corrected chi connectivity index (χ1v) is 8.29. The summed E-state index contributed by atoms with van der Waals surface area (Å²) in [5.41, 5.74) is -0.701. The van der Waals surface area contributed by atoms with Crippen molar-refractivity contribution in [2.45, 2.75) is 11.3 Å². The normalized spacial score (nSPS) is 28.9. The van der Waals surface area contributed by atoms with E-state index in [9.17, 15) is 13.2 Å². The molecule has 114 valence electrons. The average molecular weight is 311 g/mol. The quantitative estimate of drug-likeness (QED) is 0.782. The molecule has 21 heavy (non-hydrogen) atoms. The number of hydrogen-bond donors (Lipinski definition) is 2. The largest absolute Gasteiger partial charge is 0.381 e. The molecule has 1 aromatic heterocycles. The van der Waals surface area contributed by atoms with Gasteiger partial charge in [0, 0.05) is 38.0 Å². The Kier molecular flexibility index (Phi) is 3.68. The van der Waals surface area contributed by atoms with Crippen LogP contribution in [0.15, 0.2) is 29.4 Å². The second-order valence-corrected chi connectivity index (χ2v) is 7.11. The third-order valence-electron chi connectivity index (χ3n) is 4.25. The molecule has 0 aromatic carbocycles. The molecule has 0 spiro atoms. The van der Waals surface area contributed by atoms with Gasteiger partial charge in [-0.2, -0.15) is 0 Å². The lowest BCUT2D eigenvalue weighted by molar-refractivity contribution is -0.137. The maximum atomic E-state index is 12.6. The van der Waals surface area contributed by atoms with Crippen LogP contribution in [0.1, 0.15) is 6.42 Å². The zero-order chi connectivity index (χ0) is 14.9. The van der Waals surface area contributed by atoms with E-state index >= 15 is 0 Å². The number of ether oxygens (including phenoxy) is 1. The van der Waals surface area contributed by atoms with Crippen LogP contribution in [0.25, 0.3) is 0 Å². The molecule has 0 radical (unpaired) electrons. The van der Waals surface area contributed by atoms with E-state index in [1.807, 2.05) is 0 Å². The summed E-state index contributed by atoms with van der Waals surface area (Å²) >= 11 is 0. The van der Waals surface area contributed by atoms with Crippen LogP contribution >= 0.6 is 0 Å². The fourth-order valence-electron chi connectivity index (χ4n) is 2.97. The highest BCUT2D eigenvalue weighted by molar-refractivity contribution is 7.90. The predicted octanol–water partition coefficient (Wildman–Crippen LogP) is -0.487. The summed E-state index contributed by atoms with van der Waals surface area (Å²) < 4.78 is 32.1. The minimum atomic E-state index is -3.88. The number of carbonyl (C=O) groups excluding carboxylic acids is 1. The Bertz CT molecular complexity index is 634. The molecule has 2 N–H and O–H groups in total. The van der Waals surface area contributed by atoms with Crippen molar-refractivity contribution in [1.82, 2.24) is 15.0 Å². The molecule has 0 bridgehead atoms. The SMILES string of the molecule is O=C(NS(=O)(=O)c1cccnc1)[C@@]12CCOC[C@@H]1CNC2. The fraction of sp³-hybridized carbons (Fsp3) is 0.538. The van der Waals surface area contributed by atoms with Gasteiger partial charge < -0.3 is 10.1 Å². The molecule has 2 atom stereocenters. The van der Waals surface area contributed by atoms with Gasteiger partial charge in [-0.25, -0.2) is 13.1 Å².